The summed E-state index contributed by atoms with van der Waals surface area (Å²) >= 11 is 0. The first-order chi connectivity index (χ1) is 7.61. The number of ether oxygens (including phenoxy) is 1. The molecule has 1 saturated heterocycles. The minimum Gasteiger partial charge on any atom is -0.395 e. The fourth-order valence-electron chi connectivity index (χ4n) is 1.96. The molecule has 4 unspecified atom stereocenters. The zero-order chi connectivity index (χ0) is 12.1. The molecule has 0 spiro atoms. The van der Waals surface area contributed by atoms with E-state index in [0.29, 0.717) is 19.8 Å². The molecule has 1 fully saturated rings. The maximum atomic E-state index is 9.68. The van der Waals surface area contributed by atoms with E-state index in [9.17, 15) is 15.3 Å². The Labute approximate surface area is 95.1 Å². The summed E-state index contributed by atoms with van der Waals surface area (Å²) in [7, 11) is 0. The topological polar surface area (TPSA) is 93.4 Å². The predicted molar refractivity (Wildman–Crippen MR) is 57.0 cm³/mol. The number of aliphatic hydroxyl groups is 4. The fraction of sp³-hybridized carbons (Fsp3) is 1.00. The van der Waals surface area contributed by atoms with Gasteiger partial charge in [0.15, 0.2) is 0 Å². The summed E-state index contributed by atoms with van der Waals surface area (Å²) in [5.74, 6) is 0. The highest BCUT2D eigenvalue weighted by molar-refractivity contribution is 4.93. The van der Waals surface area contributed by atoms with Crippen molar-refractivity contribution in [1.29, 1.82) is 0 Å². The van der Waals surface area contributed by atoms with E-state index in [0.717, 1.165) is 0 Å². The van der Waals surface area contributed by atoms with E-state index in [2.05, 4.69) is 0 Å². The molecular weight excluding hydrogens is 214 g/mol. The Balaban J connectivity index is 2.53. The molecule has 0 saturated carbocycles. The van der Waals surface area contributed by atoms with E-state index < -0.39 is 24.4 Å². The van der Waals surface area contributed by atoms with E-state index >= 15 is 0 Å². The second kappa shape index (κ2) is 6.48. The molecule has 0 aliphatic carbocycles. The molecule has 0 amide bonds. The number of rotatable bonds is 5. The Hall–Kier alpha value is -0.240. The highest BCUT2D eigenvalue weighted by atomic mass is 16.5. The van der Waals surface area contributed by atoms with Gasteiger partial charge >= 0.3 is 0 Å². The number of β-amino-alcohol motifs (C(OH)–C–C–N with tert-alkyl or cyclic N) is 1. The third kappa shape index (κ3) is 3.13. The van der Waals surface area contributed by atoms with Crippen LogP contribution >= 0.6 is 0 Å². The minimum absolute atomic E-state index is 0.233. The summed E-state index contributed by atoms with van der Waals surface area (Å²) in [6, 6.07) is -0.543. The van der Waals surface area contributed by atoms with Crippen molar-refractivity contribution >= 4 is 0 Å². The molecule has 4 N–H and O–H groups in total. The van der Waals surface area contributed by atoms with Crippen molar-refractivity contribution in [2.45, 2.75) is 31.3 Å². The summed E-state index contributed by atoms with van der Waals surface area (Å²) < 4.78 is 5.18. The lowest BCUT2D eigenvalue weighted by atomic mass is 9.94. The Morgan fingerprint density at radius 3 is 2.50 bits per heavy atom. The second-order valence-electron chi connectivity index (χ2n) is 3.99. The van der Waals surface area contributed by atoms with Gasteiger partial charge in [0.1, 0.15) is 12.2 Å². The first-order valence-electron chi connectivity index (χ1n) is 5.58. The van der Waals surface area contributed by atoms with E-state index in [4.69, 9.17) is 9.84 Å². The van der Waals surface area contributed by atoms with E-state index in [1.807, 2.05) is 6.92 Å². The normalized spacial score (nSPS) is 36.6. The van der Waals surface area contributed by atoms with Crippen molar-refractivity contribution in [2.24, 2.45) is 0 Å². The monoisotopic (exact) mass is 235 g/mol. The quantitative estimate of drug-likeness (QED) is 0.403. The maximum Gasteiger partial charge on any atom is 0.109 e. The van der Waals surface area contributed by atoms with E-state index in [1.165, 1.54) is 0 Å². The number of piperidine rings is 1. The number of aliphatic hydroxyl groups excluding tert-OH is 4. The van der Waals surface area contributed by atoms with Crippen molar-refractivity contribution < 1.29 is 25.2 Å². The highest BCUT2D eigenvalue weighted by Crippen LogP contribution is 2.18. The van der Waals surface area contributed by atoms with Gasteiger partial charge in [-0.1, -0.05) is 0 Å². The van der Waals surface area contributed by atoms with Gasteiger partial charge in [-0.25, -0.2) is 0 Å². The van der Waals surface area contributed by atoms with Crippen molar-refractivity contribution in [3.05, 3.63) is 0 Å². The van der Waals surface area contributed by atoms with E-state index in [1.54, 1.807) is 4.90 Å². The van der Waals surface area contributed by atoms with Crippen LogP contribution < -0.4 is 0 Å². The molecule has 0 aromatic carbocycles. The third-order valence-corrected chi connectivity index (χ3v) is 2.94. The third-order valence-electron chi connectivity index (χ3n) is 2.94. The standard InChI is InChI=1S/C10H21NO5/c1-2-16-4-3-11-5-8(13)10(15)9(14)7(11)6-12/h7-10,12-15H,2-6H2,1H3. The van der Waals surface area contributed by atoms with Gasteiger partial charge in [-0.05, 0) is 6.92 Å². The van der Waals surface area contributed by atoms with Gasteiger partial charge in [-0.15, -0.1) is 0 Å². The largest absolute Gasteiger partial charge is 0.395 e. The van der Waals surface area contributed by atoms with Gasteiger partial charge in [0.05, 0.1) is 25.4 Å². The van der Waals surface area contributed by atoms with Crippen LogP contribution in [0.5, 0.6) is 0 Å². The predicted octanol–water partition coefficient (Wildman–Crippen LogP) is -2.22. The van der Waals surface area contributed by atoms with Crippen molar-refractivity contribution in [1.82, 2.24) is 4.90 Å². The molecule has 1 rings (SSSR count). The summed E-state index contributed by atoms with van der Waals surface area (Å²) in [6.45, 7) is 3.45. The number of likely N-dealkylation sites (tertiary alicyclic amines) is 1. The molecule has 0 aromatic rings. The first-order valence-corrected chi connectivity index (χ1v) is 5.58. The van der Waals surface area contributed by atoms with E-state index in [-0.39, 0.29) is 13.2 Å². The summed E-state index contributed by atoms with van der Waals surface area (Å²) in [5.41, 5.74) is 0. The molecule has 1 heterocycles. The van der Waals surface area contributed by atoms with Gasteiger partial charge < -0.3 is 25.2 Å². The van der Waals surface area contributed by atoms with Crippen LogP contribution in [0.25, 0.3) is 0 Å². The molecule has 0 radical (unpaired) electrons. The molecule has 6 nitrogen and oxygen atoms in total. The lowest BCUT2D eigenvalue weighted by Crippen LogP contribution is -2.62. The van der Waals surface area contributed by atoms with Gasteiger partial charge in [0, 0.05) is 19.7 Å². The number of hydrogen-bond acceptors (Lipinski definition) is 6. The Morgan fingerprint density at radius 1 is 1.25 bits per heavy atom. The van der Waals surface area contributed by atoms with Crippen molar-refractivity contribution in [3.8, 4) is 0 Å². The molecule has 96 valence electrons. The zero-order valence-electron chi connectivity index (χ0n) is 9.49. The van der Waals surface area contributed by atoms with Crippen LogP contribution in [0.4, 0.5) is 0 Å². The molecule has 0 bridgehead atoms. The van der Waals surface area contributed by atoms with Crippen LogP contribution in [0.15, 0.2) is 0 Å². The molecule has 4 atom stereocenters. The molecule has 6 heteroatoms. The molecule has 16 heavy (non-hydrogen) atoms. The zero-order valence-corrected chi connectivity index (χ0v) is 9.49. The molecular formula is C10H21NO5. The Kier molecular flexibility index (Phi) is 5.60. The van der Waals surface area contributed by atoms with Gasteiger partial charge in [-0.2, -0.15) is 0 Å². The average molecular weight is 235 g/mol. The van der Waals surface area contributed by atoms with Gasteiger partial charge in [0.25, 0.3) is 0 Å². The smallest absolute Gasteiger partial charge is 0.109 e. The first kappa shape index (κ1) is 13.8. The molecule has 1 aliphatic heterocycles. The Morgan fingerprint density at radius 2 is 1.94 bits per heavy atom. The fourth-order valence-corrected chi connectivity index (χ4v) is 1.96. The van der Waals surface area contributed by atoms with Crippen molar-refractivity contribution in [3.63, 3.8) is 0 Å². The number of nitrogens with zero attached hydrogens (tertiary/aromatic N) is 1. The minimum atomic E-state index is -1.19. The van der Waals surface area contributed by atoms with Crippen LogP contribution in [0, 0.1) is 0 Å². The van der Waals surface area contributed by atoms with Gasteiger partial charge in [0.2, 0.25) is 0 Å². The lowest BCUT2D eigenvalue weighted by molar-refractivity contribution is -0.147. The van der Waals surface area contributed by atoms with Crippen LogP contribution in [0.1, 0.15) is 6.92 Å². The van der Waals surface area contributed by atoms with Crippen LogP contribution in [-0.4, -0.2) is 82.6 Å². The van der Waals surface area contributed by atoms with Crippen LogP contribution in [0.3, 0.4) is 0 Å². The highest BCUT2D eigenvalue weighted by Gasteiger charge is 2.40. The summed E-state index contributed by atoms with van der Waals surface area (Å²) in [6.07, 6.45) is -3.31. The molecule has 1 aliphatic rings. The van der Waals surface area contributed by atoms with Gasteiger partial charge in [-0.3, -0.25) is 4.90 Å². The lowest BCUT2D eigenvalue weighted by Gasteiger charge is -2.42. The summed E-state index contributed by atoms with van der Waals surface area (Å²) in [4.78, 5) is 1.73. The Bertz CT molecular complexity index is 204. The summed E-state index contributed by atoms with van der Waals surface area (Å²) in [5, 5.41) is 37.8. The second-order valence-corrected chi connectivity index (χ2v) is 3.99. The maximum absolute atomic E-state index is 9.68. The SMILES string of the molecule is CCOCCN1CC(O)C(O)C(O)C1CO. The van der Waals surface area contributed by atoms with Crippen molar-refractivity contribution in [2.75, 3.05) is 32.9 Å². The number of hydrogen-bond donors (Lipinski definition) is 4. The van der Waals surface area contributed by atoms with Crippen LogP contribution in [-0.2, 0) is 4.74 Å². The molecule has 0 aromatic heterocycles. The van der Waals surface area contributed by atoms with Crippen LogP contribution in [0.2, 0.25) is 0 Å². The average Bonchev–Trinajstić information content (AvgIpc) is 2.27.